The minimum Gasteiger partial charge on any atom is -0.508 e. The first-order valence-corrected chi connectivity index (χ1v) is 5.04. The van der Waals surface area contributed by atoms with Crippen LogP contribution in [-0.4, -0.2) is 21.4 Å². The summed E-state index contributed by atoms with van der Waals surface area (Å²) in [6.45, 7) is 0.538. The molecule has 0 saturated carbocycles. The van der Waals surface area contributed by atoms with Crippen molar-refractivity contribution < 1.29 is 5.11 Å². The fourth-order valence-electron chi connectivity index (χ4n) is 1.55. The molecule has 0 radical (unpaired) electrons. The van der Waals surface area contributed by atoms with Crippen molar-refractivity contribution in [3.8, 4) is 11.4 Å². The number of aromatic nitrogens is 2. The molecular weight excluding hydrogens is 204 g/mol. The number of nitrogen functional groups attached to an aromatic ring is 1. The highest BCUT2D eigenvalue weighted by atomic mass is 16.3. The van der Waals surface area contributed by atoms with Crippen molar-refractivity contribution in [3.63, 3.8) is 0 Å². The van der Waals surface area contributed by atoms with E-state index in [-0.39, 0.29) is 5.75 Å². The van der Waals surface area contributed by atoms with Gasteiger partial charge in [-0.25, -0.2) is 4.68 Å². The number of hydrogen-bond donors (Lipinski definition) is 3. The summed E-state index contributed by atoms with van der Waals surface area (Å²) in [6.07, 6.45) is 0.690. The van der Waals surface area contributed by atoms with Crippen LogP contribution in [0.25, 0.3) is 5.69 Å². The molecule has 5 nitrogen and oxygen atoms in total. The van der Waals surface area contributed by atoms with E-state index in [0.29, 0.717) is 18.8 Å². The molecule has 5 heteroatoms. The molecule has 0 atom stereocenters. The smallest absolute Gasteiger partial charge is 0.127 e. The summed E-state index contributed by atoms with van der Waals surface area (Å²) in [7, 11) is 0. The highest BCUT2D eigenvalue weighted by Gasteiger charge is 2.06. The monoisotopic (exact) mass is 218 g/mol. The quantitative estimate of drug-likeness (QED) is 0.706. The zero-order valence-corrected chi connectivity index (χ0v) is 8.80. The van der Waals surface area contributed by atoms with Crippen LogP contribution in [0.2, 0.25) is 0 Å². The zero-order valence-electron chi connectivity index (χ0n) is 8.80. The maximum absolute atomic E-state index is 9.37. The first kappa shape index (κ1) is 10.5. The van der Waals surface area contributed by atoms with Crippen LogP contribution in [0.4, 0.5) is 5.82 Å². The molecule has 84 valence electrons. The molecule has 0 aliphatic heterocycles. The minimum absolute atomic E-state index is 0.188. The van der Waals surface area contributed by atoms with Gasteiger partial charge in [-0.1, -0.05) is 6.07 Å². The number of benzene rings is 1. The SMILES string of the molecule is NCCc1cc(N)n(-c2cccc(O)c2)n1. The van der Waals surface area contributed by atoms with Crippen LogP contribution in [0, 0.1) is 0 Å². The van der Waals surface area contributed by atoms with Gasteiger partial charge in [-0.15, -0.1) is 0 Å². The van der Waals surface area contributed by atoms with Crippen LogP contribution in [0.5, 0.6) is 5.75 Å². The van der Waals surface area contributed by atoms with Gasteiger partial charge in [-0.2, -0.15) is 5.10 Å². The Morgan fingerprint density at radius 1 is 1.31 bits per heavy atom. The summed E-state index contributed by atoms with van der Waals surface area (Å²) in [5.41, 5.74) is 12.9. The van der Waals surface area contributed by atoms with E-state index in [2.05, 4.69) is 5.10 Å². The second-order valence-corrected chi connectivity index (χ2v) is 3.53. The lowest BCUT2D eigenvalue weighted by Gasteiger charge is -2.03. The van der Waals surface area contributed by atoms with E-state index < -0.39 is 0 Å². The lowest BCUT2D eigenvalue weighted by atomic mass is 10.3. The van der Waals surface area contributed by atoms with Crippen LogP contribution >= 0.6 is 0 Å². The Bertz CT molecular complexity index is 492. The number of nitrogens with two attached hydrogens (primary N) is 2. The van der Waals surface area contributed by atoms with E-state index in [1.807, 2.05) is 6.07 Å². The summed E-state index contributed by atoms with van der Waals surface area (Å²) >= 11 is 0. The van der Waals surface area contributed by atoms with Crippen LogP contribution < -0.4 is 11.5 Å². The Balaban J connectivity index is 2.40. The third-order valence-electron chi connectivity index (χ3n) is 2.26. The standard InChI is InChI=1S/C11H14N4O/c12-5-4-8-6-11(13)15(14-8)9-2-1-3-10(16)7-9/h1-3,6-7,16H,4-5,12-13H2. The van der Waals surface area contributed by atoms with Gasteiger partial charge < -0.3 is 16.6 Å². The van der Waals surface area contributed by atoms with Crippen molar-refractivity contribution in [3.05, 3.63) is 36.0 Å². The predicted molar refractivity (Wildman–Crippen MR) is 62.4 cm³/mol. The molecule has 1 aromatic heterocycles. The zero-order chi connectivity index (χ0) is 11.5. The molecule has 0 unspecified atom stereocenters. The fourth-order valence-corrected chi connectivity index (χ4v) is 1.55. The Kier molecular flexibility index (Phi) is 2.78. The van der Waals surface area contributed by atoms with Gasteiger partial charge in [-0.05, 0) is 18.7 Å². The molecule has 0 saturated heterocycles. The molecule has 1 heterocycles. The van der Waals surface area contributed by atoms with Gasteiger partial charge in [0.25, 0.3) is 0 Å². The lowest BCUT2D eigenvalue weighted by Crippen LogP contribution is -2.04. The third kappa shape index (κ3) is 1.99. The number of anilines is 1. The number of nitrogens with zero attached hydrogens (tertiary/aromatic N) is 2. The molecule has 0 bridgehead atoms. The van der Waals surface area contributed by atoms with Gasteiger partial charge in [0.2, 0.25) is 0 Å². The molecule has 0 aliphatic carbocycles. The summed E-state index contributed by atoms with van der Waals surface area (Å²) in [4.78, 5) is 0. The van der Waals surface area contributed by atoms with E-state index >= 15 is 0 Å². The van der Waals surface area contributed by atoms with Crippen molar-refractivity contribution in [2.24, 2.45) is 5.73 Å². The van der Waals surface area contributed by atoms with Gasteiger partial charge in [0, 0.05) is 18.6 Å². The molecule has 0 aliphatic rings. The summed E-state index contributed by atoms with van der Waals surface area (Å²) in [5, 5.41) is 13.7. The molecule has 0 spiro atoms. The van der Waals surface area contributed by atoms with Crippen molar-refractivity contribution in [1.82, 2.24) is 9.78 Å². The lowest BCUT2D eigenvalue weighted by molar-refractivity contribution is 0.475. The molecule has 1 aromatic carbocycles. The first-order valence-electron chi connectivity index (χ1n) is 5.04. The molecule has 5 N–H and O–H groups in total. The second kappa shape index (κ2) is 4.24. The number of rotatable bonds is 3. The number of aromatic hydroxyl groups is 1. The predicted octanol–water partition coefficient (Wildman–Crippen LogP) is 0.661. The van der Waals surface area contributed by atoms with Crippen molar-refractivity contribution >= 4 is 5.82 Å². The minimum atomic E-state index is 0.188. The van der Waals surface area contributed by atoms with E-state index in [1.54, 1.807) is 28.9 Å². The number of phenolic OH excluding ortho intramolecular Hbond substituents is 1. The summed E-state index contributed by atoms with van der Waals surface area (Å²) < 4.78 is 1.59. The summed E-state index contributed by atoms with van der Waals surface area (Å²) in [6, 6.07) is 8.57. The Morgan fingerprint density at radius 3 is 2.81 bits per heavy atom. The van der Waals surface area contributed by atoms with Gasteiger partial charge in [0.1, 0.15) is 11.6 Å². The van der Waals surface area contributed by atoms with Gasteiger partial charge in [0.05, 0.1) is 11.4 Å². The fraction of sp³-hybridized carbons (Fsp3) is 0.182. The van der Waals surface area contributed by atoms with Crippen LogP contribution in [-0.2, 0) is 6.42 Å². The van der Waals surface area contributed by atoms with Crippen LogP contribution in [0.3, 0.4) is 0 Å². The van der Waals surface area contributed by atoms with Crippen LogP contribution in [0.1, 0.15) is 5.69 Å². The molecular formula is C11H14N4O. The summed E-state index contributed by atoms with van der Waals surface area (Å²) in [5.74, 6) is 0.724. The Morgan fingerprint density at radius 2 is 2.12 bits per heavy atom. The normalized spacial score (nSPS) is 10.6. The second-order valence-electron chi connectivity index (χ2n) is 3.53. The first-order chi connectivity index (χ1) is 7.70. The molecule has 0 amide bonds. The highest BCUT2D eigenvalue weighted by Crippen LogP contribution is 2.18. The molecule has 2 aromatic rings. The third-order valence-corrected chi connectivity index (χ3v) is 2.26. The van der Waals surface area contributed by atoms with Crippen molar-refractivity contribution in [2.45, 2.75) is 6.42 Å². The maximum atomic E-state index is 9.37. The van der Waals surface area contributed by atoms with E-state index in [4.69, 9.17) is 11.5 Å². The van der Waals surface area contributed by atoms with Crippen LogP contribution in [0.15, 0.2) is 30.3 Å². The van der Waals surface area contributed by atoms with E-state index in [0.717, 1.165) is 11.4 Å². The van der Waals surface area contributed by atoms with E-state index in [9.17, 15) is 5.11 Å². The largest absolute Gasteiger partial charge is 0.508 e. The molecule has 0 fully saturated rings. The highest BCUT2D eigenvalue weighted by molar-refractivity contribution is 5.45. The average Bonchev–Trinajstić information content (AvgIpc) is 2.60. The van der Waals surface area contributed by atoms with Crippen molar-refractivity contribution in [1.29, 1.82) is 0 Å². The Hall–Kier alpha value is -2.01. The van der Waals surface area contributed by atoms with Gasteiger partial charge in [-0.3, -0.25) is 0 Å². The average molecular weight is 218 g/mol. The topological polar surface area (TPSA) is 90.1 Å². The maximum Gasteiger partial charge on any atom is 0.127 e. The molecule has 16 heavy (non-hydrogen) atoms. The van der Waals surface area contributed by atoms with Gasteiger partial charge >= 0.3 is 0 Å². The van der Waals surface area contributed by atoms with E-state index in [1.165, 1.54) is 0 Å². The van der Waals surface area contributed by atoms with Crippen molar-refractivity contribution in [2.75, 3.05) is 12.3 Å². The number of hydrogen-bond acceptors (Lipinski definition) is 4. The van der Waals surface area contributed by atoms with Gasteiger partial charge in [0.15, 0.2) is 0 Å². The molecule has 2 rings (SSSR count). The Labute approximate surface area is 93.3 Å². The number of phenols is 1.